The summed E-state index contributed by atoms with van der Waals surface area (Å²) >= 11 is 0. The number of ether oxygens (including phenoxy) is 1. The first-order valence-corrected chi connectivity index (χ1v) is 11.5. The molecule has 0 fully saturated rings. The van der Waals surface area contributed by atoms with Crippen molar-refractivity contribution in [1.29, 1.82) is 0 Å². The molecule has 2 aliphatic rings. The van der Waals surface area contributed by atoms with Crippen molar-refractivity contribution in [3.63, 3.8) is 0 Å². The number of carbonyl (C=O) groups excluding carboxylic acids is 2. The van der Waals surface area contributed by atoms with Gasteiger partial charge in [-0.1, -0.05) is 24.3 Å². The molecule has 0 saturated carbocycles. The molecule has 31 heavy (non-hydrogen) atoms. The van der Waals surface area contributed by atoms with Gasteiger partial charge in [-0.05, 0) is 43.0 Å². The topological polar surface area (TPSA) is 96.0 Å². The maximum Gasteiger partial charge on any atom is 0.265 e. The van der Waals surface area contributed by atoms with Crippen LogP contribution in [0, 0.1) is 6.92 Å². The van der Waals surface area contributed by atoms with E-state index in [4.69, 9.17) is 4.74 Å². The maximum absolute atomic E-state index is 13.2. The lowest BCUT2D eigenvalue weighted by Gasteiger charge is -2.30. The second-order valence-electron chi connectivity index (χ2n) is 7.96. The van der Waals surface area contributed by atoms with Crippen LogP contribution in [0.2, 0.25) is 0 Å². The van der Waals surface area contributed by atoms with Crippen LogP contribution in [0.3, 0.4) is 0 Å². The lowest BCUT2D eigenvalue weighted by molar-refractivity contribution is -0.132. The van der Waals surface area contributed by atoms with E-state index in [0.717, 1.165) is 16.3 Å². The van der Waals surface area contributed by atoms with Crippen LogP contribution in [0.4, 0.5) is 5.69 Å². The molecule has 1 unspecified atom stereocenters. The summed E-state index contributed by atoms with van der Waals surface area (Å²) in [4.78, 5) is 26.4. The van der Waals surface area contributed by atoms with E-state index in [1.54, 1.807) is 24.8 Å². The van der Waals surface area contributed by atoms with Crippen LogP contribution >= 0.6 is 0 Å². The second kappa shape index (κ2) is 7.97. The molecule has 2 amide bonds. The van der Waals surface area contributed by atoms with Crippen LogP contribution in [0.25, 0.3) is 0 Å². The molecule has 164 valence electrons. The number of aryl methyl sites for hydroxylation is 1. The third kappa shape index (κ3) is 4.03. The number of likely N-dealkylation sites (N-methyl/N-ethyl adjacent to an activating group) is 1. The average molecular weight is 444 g/mol. The molecule has 1 N–H and O–H groups in total. The smallest absolute Gasteiger partial charge is 0.265 e. The number of fused-ring (bicyclic) bond motifs is 2. The Bertz CT molecular complexity index is 1160. The number of hydrogen-bond acceptors (Lipinski definition) is 5. The molecule has 0 spiro atoms. The fraction of sp³-hybridized carbons (Fsp3) is 0.364. The third-order valence-corrected chi connectivity index (χ3v) is 7.68. The predicted molar refractivity (Wildman–Crippen MR) is 115 cm³/mol. The Labute approximate surface area is 181 Å². The Morgan fingerprint density at radius 1 is 1.26 bits per heavy atom. The Morgan fingerprint density at radius 2 is 1.97 bits per heavy atom. The van der Waals surface area contributed by atoms with E-state index in [0.29, 0.717) is 30.1 Å². The van der Waals surface area contributed by atoms with Gasteiger partial charge in [-0.15, -0.1) is 0 Å². The number of amides is 2. The molecule has 4 rings (SSSR count). The summed E-state index contributed by atoms with van der Waals surface area (Å²) in [5, 5.41) is 2.71. The molecule has 0 bridgehead atoms. The summed E-state index contributed by atoms with van der Waals surface area (Å²) in [6, 6.07) is 10.9. The predicted octanol–water partition coefficient (Wildman–Crippen LogP) is 1.92. The highest BCUT2D eigenvalue weighted by atomic mass is 32.2. The number of hydrogen-bond donors (Lipinski definition) is 1. The van der Waals surface area contributed by atoms with E-state index >= 15 is 0 Å². The van der Waals surface area contributed by atoms with Crippen molar-refractivity contribution >= 4 is 27.5 Å². The zero-order valence-electron chi connectivity index (χ0n) is 17.7. The van der Waals surface area contributed by atoms with Gasteiger partial charge in [-0.3, -0.25) is 9.59 Å². The minimum atomic E-state index is -3.94. The van der Waals surface area contributed by atoms with Crippen molar-refractivity contribution in [2.45, 2.75) is 37.8 Å². The van der Waals surface area contributed by atoms with E-state index in [1.165, 1.54) is 18.7 Å². The van der Waals surface area contributed by atoms with Crippen molar-refractivity contribution in [3.05, 3.63) is 53.1 Å². The van der Waals surface area contributed by atoms with Gasteiger partial charge >= 0.3 is 0 Å². The molecular weight excluding hydrogens is 418 g/mol. The van der Waals surface area contributed by atoms with Crippen LogP contribution in [0.15, 0.2) is 41.3 Å². The van der Waals surface area contributed by atoms with Gasteiger partial charge in [-0.2, -0.15) is 4.31 Å². The van der Waals surface area contributed by atoms with E-state index in [9.17, 15) is 18.0 Å². The largest absolute Gasteiger partial charge is 0.479 e. The van der Waals surface area contributed by atoms with E-state index < -0.39 is 16.1 Å². The quantitative estimate of drug-likeness (QED) is 0.779. The van der Waals surface area contributed by atoms with Gasteiger partial charge in [0.2, 0.25) is 15.9 Å². The van der Waals surface area contributed by atoms with Gasteiger partial charge in [0.05, 0.1) is 17.1 Å². The molecule has 0 saturated heterocycles. The van der Waals surface area contributed by atoms with Gasteiger partial charge in [0.25, 0.3) is 5.91 Å². The Morgan fingerprint density at radius 3 is 2.71 bits per heavy atom. The minimum Gasteiger partial charge on any atom is -0.479 e. The summed E-state index contributed by atoms with van der Waals surface area (Å²) in [6.45, 7) is 4.02. The van der Waals surface area contributed by atoms with Gasteiger partial charge in [0, 0.05) is 26.2 Å². The maximum atomic E-state index is 13.2. The Hall–Kier alpha value is -2.91. The van der Waals surface area contributed by atoms with Crippen molar-refractivity contribution < 1.29 is 22.7 Å². The summed E-state index contributed by atoms with van der Waals surface area (Å²) in [5.41, 5.74) is 3.21. The normalized spacial score (nSPS) is 18.1. The molecule has 2 aromatic carbocycles. The van der Waals surface area contributed by atoms with Crippen LogP contribution in [-0.2, 0) is 32.6 Å². The first-order chi connectivity index (χ1) is 14.7. The summed E-state index contributed by atoms with van der Waals surface area (Å²) in [7, 11) is -2.54. The molecule has 9 heteroatoms. The average Bonchev–Trinajstić information content (AvgIpc) is 2.74. The summed E-state index contributed by atoms with van der Waals surface area (Å²) in [6.07, 6.45) is 0.0378. The molecule has 0 aliphatic carbocycles. The third-order valence-electron chi connectivity index (χ3n) is 5.74. The summed E-state index contributed by atoms with van der Waals surface area (Å²) in [5.74, 6) is -0.231. The van der Waals surface area contributed by atoms with Crippen molar-refractivity contribution in [2.24, 2.45) is 0 Å². The SMILES string of the molecule is Cc1cc2c(cc1S(=O)(=O)N(C)CC(=O)N1CCc3ccccc3C1)OC(C)C(=O)N2. The zero-order valence-corrected chi connectivity index (χ0v) is 18.5. The van der Waals surface area contributed by atoms with Crippen molar-refractivity contribution in [3.8, 4) is 5.75 Å². The Kier molecular flexibility index (Phi) is 5.49. The number of nitrogens with zero attached hydrogens (tertiary/aromatic N) is 2. The minimum absolute atomic E-state index is 0.0499. The number of sulfonamides is 1. The number of rotatable bonds is 4. The van der Waals surface area contributed by atoms with Crippen LogP contribution in [-0.4, -0.2) is 55.7 Å². The lowest BCUT2D eigenvalue weighted by Crippen LogP contribution is -2.43. The number of nitrogens with one attached hydrogen (secondary N) is 1. The molecule has 1 atom stereocenters. The van der Waals surface area contributed by atoms with Gasteiger partial charge in [0.1, 0.15) is 5.75 Å². The number of anilines is 1. The molecule has 0 aromatic heterocycles. The monoisotopic (exact) mass is 443 g/mol. The first-order valence-electron chi connectivity index (χ1n) is 10.1. The van der Waals surface area contributed by atoms with Crippen LogP contribution < -0.4 is 10.1 Å². The standard InChI is InChI=1S/C22H25N3O5S/c1-14-10-18-19(30-15(2)22(27)23-18)11-20(14)31(28,29)24(3)13-21(26)25-9-8-16-6-4-5-7-17(16)12-25/h4-7,10-11,15H,8-9,12-13H2,1-3H3,(H,23,27). The number of carbonyl (C=O) groups is 2. The zero-order chi connectivity index (χ0) is 22.3. The van der Waals surface area contributed by atoms with Crippen LogP contribution in [0.5, 0.6) is 5.75 Å². The van der Waals surface area contributed by atoms with Gasteiger partial charge < -0.3 is 15.0 Å². The highest BCUT2D eigenvalue weighted by Crippen LogP contribution is 2.35. The highest BCUT2D eigenvalue weighted by Gasteiger charge is 2.31. The van der Waals surface area contributed by atoms with Crippen molar-refractivity contribution in [1.82, 2.24) is 9.21 Å². The molecular formula is C22H25N3O5S. The second-order valence-corrected chi connectivity index (χ2v) is 9.97. The fourth-order valence-electron chi connectivity index (χ4n) is 3.87. The highest BCUT2D eigenvalue weighted by molar-refractivity contribution is 7.89. The molecule has 0 radical (unpaired) electrons. The molecule has 2 heterocycles. The van der Waals surface area contributed by atoms with Gasteiger partial charge in [-0.25, -0.2) is 8.42 Å². The Balaban J connectivity index is 1.52. The molecule has 2 aromatic rings. The fourth-order valence-corrected chi connectivity index (χ4v) is 5.21. The van der Waals surface area contributed by atoms with Crippen LogP contribution in [0.1, 0.15) is 23.6 Å². The van der Waals surface area contributed by atoms with E-state index in [-0.39, 0.29) is 23.3 Å². The number of benzene rings is 2. The van der Waals surface area contributed by atoms with Gasteiger partial charge in [0.15, 0.2) is 6.10 Å². The molecule has 8 nitrogen and oxygen atoms in total. The van der Waals surface area contributed by atoms with E-state index in [2.05, 4.69) is 11.4 Å². The van der Waals surface area contributed by atoms with Crippen molar-refractivity contribution in [2.75, 3.05) is 25.5 Å². The molecule has 2 aliphatic heterocycles. The first kappa shape index (κ1) is 21.3. The lowest BCUT2D eigenvalue weighted by atomic mass is 10.00. The summed E-state index contributed by atoms with van der Waals surface area (Å²) < 4.78 is 33.0. The van der Waals surface area contributed by atoms with E-state index in [1.807, 2.05) is 18.2 Å².